The molecule has 17 heavy (non-hydrogen) atoms. The van der Waals surface area contributed by atoms with Crippen molar-refractivity contribution in [3.63, 3.8) is 0 Å². The van der Waals surface area contributed by atoms with Crippen molar-refractivity contribution in [1.29, 1.82) is 0 Å². The first-order valence-corrected chi connectivity index (χ1v) is 7.72. The van der Waals surface area contributed by atoms with E-state index in [1.807, 2.05) is 38.1 Å². The zero-order chi connectivity index (χ0) is 12.9. The molecule has 3 nitrogen and oxygen atoms in total. The summed E-state index contributed by atoms with van der Waals surface area (Å²) < 4.78 is 25.9. The van der Waals surface area contributed by atoms with E-state index >= 15 is 0 Å². The monoisotopic (exact) mass is 255 g/mol. The molecule has 1 rings (SSSR count). The van der Waals surface area contributed by atoms with Crippen LogP contribution in [0.15, 0.2) is 24.3 Å². The van der Waals surface area contributed by atoms with Crippen LogP contribution in [0.3, 0.4) is 0 Å². The van der Waals surface area contributed by atoms with Crippen molar-refractivity contribution in [3.05, 3.63) is 35.4 Å². The summed E-state index contributed by atoms with van der Waals surface area (Å²) >= 11 is 0. The molecule has 1 unspecified atom stereocenters. The van der Waals surface area contributed by atoms with Gasteiger partial charge in [-0.15, -0.1) is 0 Å². The van der Waals surface area contributed by atoms with Crippen LogP contribution in [0.25, 0.3) is 0 Å². The summed E-state index contributed by atoms with van der Waals surface area (Å²) in [5.41, 5.74) is 2.26. The number of benzene rings is 1. The van der Waals surface area contributed by atoms with E-state index in [9.17, 15) is 8.42 Å². The van der Waals surface area contributed by atoms with E-state index in [-0.39, 0.29) is 11.8 Å². The molecule has 1 N–H and O–H groups in total. The van der Waals surface area contributed by atoms with Gasteiger partial charge in [0.2, 0.25) is 10.0 Å². The molecule has 0 aliphatic heterocycles. The molecule has 1 atom stereocenters. The molecule has 1 aromatic carbocycles. The second-order valence-corrected chi connectivity index (χ2v) is 6.13. The van der Waals surface area contributed by atoms with E-state index in [1.165, 1.54) is 5.56 Å². The highest BCUT2D eigenvalue weighted by Crippen LogP contribution is 2.14. The fourth-order valence-corrected chi connectivity index (χ4v) is 3.04. The van der Waals surface area contributed by atoms with E-state index < -0.39 is 10.0 Å². The first kappa shape index (κ1) is 14.2. The minimum atomic E-state index is -3.14. The predicted octanol–water partition coefficient (Wildman–Crippen LogP) is 2.64. The molecule has 4 heteroatoms. The summed E-state index contributed by atoms with van der Waals surface area (Å²) in [6.45, 7) is 5.83. The number of sulfonamides is 1. The van der Waals surface area contributed by atoms with Gasteiger partial charge in [0.25, 0.3) is 0 Å². The van der Waals surface area contributed by atoms with Crippen molar-refractivity contribution >= 4 is 10.0 Å². The average molecular weight is 255 g/mol. The number of rotatable bonds is 6. The summed E-state index contributed by atoms with van der Waals surface area (Å²) in [6.07, 6.45) is 1.63. The third kappa shape index (κ3) is 4.48. The van der Waals surface area contributed by atoms with E-state index in [4.69, 9.17) is 0 Å². The number of aryl methyl sites for hydroxylation is 1. The molecule has 0 saturated heterocycles. The van der Waals surface area contributed by atoms with Gasteiger partial charge in [-0.3, -0.25) is 0 Å². The smallest absolute Gasteiger partial charge is 0.212 e. The lowest BCUT2D eigenvalue weighted by Crippen LogP contribution is -2.28. The van der Waals surface area contributed by atoms with Crippen LogP contribution in [0.2, 0.25) is 0 Å². The maximum absolute atomic E-state index is 11.6. The molecule has 0 fully saturated rings. The Labute approximate surface area is 104 Å². The zero-order valence-corrected chi connectivity index (χ0v) is 11.5. The Kier molecular flexibility index (Phi) is 5.15. The number of hydrogen-bond donors (Lipinski definition) is 1. The second kappa shape index (κ2) is 6.17. The van der Waals surface area contributed by atoms with Gasteiger partial charge in [-0.2, -0.15) is 0 Å². The fraction of sp³-hybridized carbons (Fsp3) is 0.538. The molecule has 0 bridgehead atoms. The molecule has 0 heterocycles. The third-order valence-corrected chi connectivity index (χ3v) is 4.38. The summed E-state index contributed by atoms with van der Waals surface area (Å²) in [4.78, 5) is 0. The largest absolute Gasteiger partial charge is 0.212 e. The highest BCUT2D eigenvalue weighted by atomic mass is 32.2. The van der Waals surface area contributed by atoms with Crippen LogP contribution in [0.4, 0.5) is 0 Å². The van der Waals surface area contributed by atoms with Gasteiger partial charge < -0.3 is 0 Å². The van der Waals surface area contributed by atoms with Crippen LogP contribution >= 0.6 is 0 Å². The maximum Gasteiger partial charge on any atom is 0.212 e. The Morgan fingerprint density at radius 1 is 1.18 bits per heavy atom. The quantitative estimate of drug-likeness (QED) is 0.849. The Hall–Kier alpha value is -0.870. The molecule has 96 valence electrons. The van der Waals surface area contributed by atoms with Crippen molar-refractivity contribution in [2.45, 2.75) is 39.7 Å². The first-order chi connectivity index (χ1) is 7.98. The van der Waals surface area contributed by atoms with Crippen LogP contribution in [0.1, 0.15) is 44.4 Å². The van der Waals surface area contributed by atoms with Crippen LogP contribution in [0, 0.1) is 0 Å². The van der Waals surface area contributed by atoms with Crippen LogP contribution < -0.4 is 4.72 Å². The summed E-state index contributed by atoms with van der Waals surface area (Å²) in [6, 6.07) is 7.88. The first-order valence-electron chi connectivity index (χ1n) is 6.07. The van der Waals surface area contributed by atoms with Crippen molar-refractivity contribution < 1.29 is 8.42 Å². The summed E-state index contributed by atoms with van der Waals surface area (Å²) in [7, 11) is -3.14. The lowest BCUT2D eigenvalue weighted by Gasteiger charge is -2.14. The molecule has 0 aromatic heterocycles. The SMILES string of the molecule is CCCS(=O)(=O)NC(C)c1ccc(CC)cc1. The normalized spacial score (nSPS) is 13.6. The van der Waals surface area contributed by atoms with Gasteiger partial charge in [0.15, 0.2) is 0 Å². The van der Waals surface area contributed by atoms with Crippen molar-refractivity contribution in [3.8, 4) is 0 Å². The number of hydrogen-bond acceptors (Lipinski definition) is 2. The summed E-state index contributed by atoms with van der Waals surface area (Å²) in [5, 5.41) is 0. The molecule has 0 spiro atoms. The molecule has 0 saturated carbocycles. The lowest BCUT2D eigenvalue weighted by atomic mass is 10.1. The van der Waals surface area contributed by atoms with Gasteiger partial charge in [-0.25, -0.2) is 13.1 Å². The van der Waals surface area contributed by atoms with Crippen molar-refractivity contribution in [1.82, 2.24) is 4.72 Å². The van der Waals surface area contributed by atoms with Gasteiger partial charge in [-0.1, -0.05) is 38.1 Å². The van der Waals surface area contributed by atoms with Gasteiger partial charge in [-0.05, 0) is 30.9 Å². The van der Waals surface area contributed by atoms with E-state index in [0.717, 1.165) is 12.0 Å². The minimum Gasteiger partial charge on any atom is -0.212 e. The molecule has 0 radical (unpaired) electrons. The highest BCUT2D eigenvalue weighted by Gasteiger charge is 2.14. The van der Waals surface area contributed by atoms with E-state index in [2.05, 4.69) is 11.6 Å². The van der Waals surface area contributed by atoms with E-state index in [1.54, 1.807) is 0 Å². The zero-order valence-electron chi connectivity index (χ0n) is 10.7. The standard InChI is InChI=1S/C13H21NO2S/c1-4-10-17(15,16)14-11(3)13-8-6-12(5-2)7-9-13/h6-9,11,14H,4-5,10H2,1-3H3. The van der Waals surface area contributed by atoms with Crippen LogP contribution in [-0.2, 0) is 16.4 Å². The van der Waals surface area contributed by atoms with Crippen LogP contribution in [0.5, 0.6) is 0 Å². The van der Waals surface area contributed by atoms with Crippen molar-refractivity contribution in [2.75, 3.05) is 5.75 Å². The Morgan fingerprint density at radius 3 is 2.24 bits per heavy atom. The molecule has 0 aliphatic carbocycles. The summed E-state index contributed by atoms with van der Waals surface area (Å²) in [5.74, 6) is 0.185. The topological polar surface area (TPSA) is 46.2 Å². The maximum atomic E-state index is 11.6. The predicted molar refractivity (Wildman–Crippen MR) is 71.4 cm³/mol. The van der Waals surface area contributed by atoms with Gasteiger partial charge in [0.1, 0.15) is 0 Å². The third-order valence-electron chi connectivity index (χ3n) is 2.72. The Balaban J connectivity index is 2.72. The lowest BCUT2D eigenvalue weighted by molar-refractivity contribution is 0.565. The minimum absolute atomic E-state index is 0.169. The second-order valence-electron chi connectivity index (χ2n) is 4.25. The van der Waals surface area contributed by atoms with E-state index in [0.29, 0.717) is 6.42 Å². The molecular weight excluding hydrogens is 234 g/mol. The molecule has 0 aliphatic rings. The fourth-order valence-electron chi connectivity index (χ4n) is 1.71. The molecule has 1 aromatic rings. The highest BCUT2D eigenvalue weighted by molar-refractivity contribution is 7.89. The molecular formula is C13H21NO2S. The Morgan fingerprint density at radius 2 is 1.76 bits per heavy atom. The molecule has 0 amide bonds. The van der Waals surface area contributed by atoms with Gasteiger partial charge in [0, 0.05) is 6.04 Å². The van der Waals surface area contributed by atoms with Gasteiger partial charge in [0.05, 0.1) is 5.75 Å². The number of nitrogens with one attached hydrogen (secondary N) is 1. The Bertz CT molecular complexity index is 437. The van der Waals surface area contributed by atoms with Crippen LogP contribution in [-0.4, -0.2) is 14.2 Å². The average Bonchev–Trinajstić information content (AvgIpc) is 2.28. The van der Waals surface area contributed by atoms with Gasteiger partial charge >= 0.3 is 0 Å². The van der Waals surface area contributed by atoms with Crippen molar-refractivity contribution in [2.24, 2.45) is 0 Å².